The molecule has 0 aliphatic carbocycles. The van der Waals surface area contributed by atoms with Crippen LogP contribution in [-0.2, 0) is 4.79 Å². The van der Waals surface area contributed by atoms with Crippen molar-refractivity contribution in [3.8, 4) is 0 Å². The summed E-state index contributed by atoms with van der Waals surface area (Å²) in [5, 5.41) is 0.343. The maximum absolute atomic E-state index is 13.0. The number of aromatic nitrogens is 1. The Morgan fingerprint density at radius 3 is 2.54 bits per heavy atom. The molecule has 1 amide bonds. The van der Waals surface area contributed by atoms with E-state index in [9.17, 15) is 9.18 Å². The number of hydrogen-bond acceptors (Lipinski definition) is 4. The lowest BCUT2D eigenvalue weighted by Crippen LogP contribution is -2.49. The highest BCUT2D eigenvalue weighted by Gasteiger charge is 2.21. The fourth-order valence-electron chi connectivity index (χ4n) is 2.59. The molecule has 1 fully saturated rings. The van der Waals surface area contributed by atoms with Gasteiger partial charge in [0.1, 0.15) is 5.82 Å². The fourth-order valence-corrected chi connectivity index (χ4v) is 3.75. The molecular formula is C17H17ClFN3OS. The molecule has 7 heteroatoms. The van der Waals surface area contributed by atoms with Gasteiger partial charge in [0.2, 0.25) is 5.91 Å². The number of rotatable bonds is 4. The van der Waals surface area contributed by atoms with Gasteiger partial charge in [0, 0.05) is 49.2 Å². The number of carbonyl (C=O) groups excluding carboxylic acids is 1. The third-order valence-corrected chi connectivity index (χ3v) is 5.39. The van der Waals surface area contributed by atoms with E-state index in [4.69, 9.17) is 11.6 Å². The molecule has 24 heavy (non-hydrogen) atoms. The van der Waals surface area contributed by atoms with E-state index >= 15 is 0 Å². The van der Waals surface area contributed by atoms with Crippen LogP contribution in [-0.4, -0.2) is 47.7 Å². The van der Waals surface area contributed by atoms with Crippen molar-refractivity contribution in [2.45, 2.75) is 4.90 Å². The normalized spacial score (nSPS) is 14.8. The van der Waals surface area contributed by atoms with Gasteiger partial charge in [0.05, 0.1) is 10.8 Å². The molecule has 2 heterocycles. The summed E-state index contributed by atoms with van der Waals surface area (Å²) in [5.41, 5.74) is 1.13. The Kier molecular flexibility index (Phi) is 5.58. The van der Waals surface area contributed by atoms with Crippen LogP contribution in [0.25, 0.3) is 0 Å². The van der Waals surface area contributed by atoms with E-state index < -0.39 is 0 Å². The van der Waals surface area contributed by atoms with Crippen molar-refractivity contribution in [2.24, 2.45) is 0 Å². The van der Waals surface area contributed by atoms with E-state index in [0.29, 0.717) is 23.9 Å². The molecule has 0 spiro atoms. The zero-order chi connectivity index (χ0) is 16.9. The minimum absolute atomic E-state index is 0.0785. The largest absolute Gasteiger partial charge is 0.368 e. The summed E-state index contributed by atoms with van der Waals surface area (Å²) in [6.45, 7) is 2.99. The van der Waals surface area contributed by atoms with Crippen LogP contribution in [0.1, 0.15) is 0 Å². The lowest BCUT2D eigenvalue weighted by atomic mass is 10.2. The van der Waals surface area contributed by atoms with Crippen LogP contribution in [0.4, 0.5) is 10.1 Å². The standard InChI is InChI=1S/C17H17ClFN3OS/c18-15-11-13(19)1-2-16(15)24-12-17(23)22-9-7-21(8-10-22)14-3-5-20-6-4-14/h1-6,11H,7-10,12H2. The highest BCUT2D eigenvalue weighted by atomic mass is 35.5. The molecule has 1 aromatic carbocycles. The summed E-state index contributed by atoms with van der Waals surface area (Å²) >= 11 is 7.33. The van der Waals surface area contributed by atoms with Gasteiger partial charge >= 0.3 is 0 Å². The van der Waals surface area contributed by atoms with Crippen LogP contribution < -0.4 is 4.90 Å². The molecule has 1 aliphatic heterocycles. The van der Waals surface area contributed by atoms with Crippen LogP contribution in [0.2, 0.25) is 5.02 Å². The Labute approximate surface area is 149 Å². The molecule has 0 saturated carbocycles. The van der Waals surface area contributed by atoms with Gasteiger partial charge in [-0.1, -0.05) is 11.6 Å². The number of carbonyl (C=O) groups is 1. The van der Waals surface area contributed by atoms with Crippen molar-refractivity contribution < 1.29 is 9.18 Å². The topological polar surface area (TPSA) is 36.4 Å². The van der Waals surface area contributed by atoms with Gasteiger partial charge in [-0.15, -0.1) is 11.8 Å². The molecule has 1 aromatic heterocycles. The van der Waals surface area contributed by atoms with Gasteiger partial charge < -0.3 is 9.80 Å². The number of hydrogen-bond donors (Lipinski definition) is 0. The number of anilines is 1. The predicted octanol–water partition coefficient (Wildman–Crippen LogP) is 3.32. The van der Waals surface area contributed by atoms with Crippen LogP contribution in [0.15, 0.2) is 47.6 Å². The van der Waals surface area contributed by atoms with Crippen LogP contribution >= 0.6 is 23.4 Å². The first-order valence-electron chi connectivity index (χ1n) is 7.64. The Bertz CT molecular complexity index is 708. The number of benzene rings is 1. The second-order valence-electron chi connectivity index (χ2n) is 5.44. The van der Waals surface area contributed by atoms with Crippen LogP contribution in [0, 0.1) is 5.82 Å². The Morgan fingerprint density at radius 1 is 1.17 bits per heavy atom. The second kappa shape index (κ2) is 7.85. The highest BCUT2D eigenvalue weighted by molar-refractivity contribution is 8.00. The van der Waals surface area contributed by atoms with E-state index in [2.05, 4.69) is 9.88 Å². The minimum atomic E-state index is -0.372. The number of thioether (sulfide) groups is 1. The van der Waals surface area contributed by atoms with Gasteiger partial charge in [-0.05, 0) is 30.3 Å². The average Bonchev–Trinajstić information content (AvgIpc) is 2.62. The maximum Gasteiger partial charge on any atom is 0.233 e. The predicted molar refractivity (Wildman–Crippen MR) is 95.2 cm³/mol. The van der Waals surface area contributed by atoms with Gasteiger partial charge in [-0.25, -0.2) is 4.39 Å². The maximum atomic E-state index is 13.0. The fraction of sp³-hybridized carbons (Fsp3) is 0.294. The van der Waals surface area contributed by atoms with Gasteiger partial charge in [-0.2, -0.15) is 0 Å². The molecule has 1 saturated heterocycles. The quantitative estimate of drug-likeness (QED) is 0.779. The molecule has 0 bridgehead atoms. The molecule has 0 atom stereocenters. The number of nitrogens with zero attached hydrogens (tertiary/aromatic N) is 3. The van der Waals surface area contributed by atoms with Crippen molar-refractivity contribution in [1.82, 2.24) is 9.88 Å². The highest BCUT2D eigenvalue weighted by Crippen LogP contribution is 2.28. The van der Waals surface area contributed by atoms with Crippen molar-refractivity contribution in [2.75, 3.05) is 36.8 Å². The minimum Gasteiger partial charge on any atom is -0.368 e. The molecule has 126 valence electrons. The third-order valence-electron chi connectivity index (χ3n) is 3.91. The van der Waals surface area contributed by atoms with E-state index in [1.54, 1.807) is 18.5 Å². The van der Waals surface area contributed by atoms with Crippen LogP contribution in [0.5, 0.6) is 0 Å². The Balaban J connectivity index is 1.50. The molecule has 1 aliphatic rings. The van der Waals surface area contributed by atoms with E-state index in [1.165, 1.54) is 23.9 Å². The first kappa shape index (κ1) is 17.0. The number of piperazine rings is 1. The SMILES string of the molecule is O=C(CSc1ccc(F)cc1Cl)N1CCN(c2ccncc2)CC1. The van der Waals surface area contributed by atoms with E-state index in [-0.39, 0.29) is 11.7 Å². The Hall–Kier alpha value is -1.79. The summed E-state index contributed by atoms with van der Waals surface area (Å²) in [7, 11) is 0. The van der Waals surface area contributed by atoms with Gasteiger partial charge in [0.25, 0.3) is 0 Å². The average molecular weight is 366 g/mol. The number of amides is 1. The smallest absolute Gasteiger partial charge is 0.233 e. The van der Waals surface area contributed by atoms with Crippen LogP contribution in [0.3, 0.4) is 0 Å². The zero-order valence-corrected chi connectivity index (χ0v) is 14.6. The first-order valence-corrected chi connectivity index (χ1v) is 9.00. The van der Waals surface area contributed by atoms with E-state index in [0.717, 1.165) is 23.7 Å². The lowest BCUT2D eigenvalue weighted by molar-refractivity contribution is -0.128. The molecular weight excluding hydrogens is 349 g/mol. The molecule has 0 radical (unpaired) electrons. The molecule has 3 rings (SSSR count). The monoisotopic (exact) mass is 365 g/mol. The summed E-state index contributed by atoms with van der Waals surface area (Å²) < 4.78 is 13.0. The summed E-state index contributed by atoms with van der Waals surface area (Å²) in [6, 6.07) is 8.18. The molecule has 4 nitrogen and oxygen atoms in total. The van der Waals surface area contributed by atoms with Crippen molar-refractivity contribution in [1.29, 1.82) is 0 Å². The van der Waals surface area contributed by atoms with Gasteiger partial charge in [0.15, 0.2) is 0 Å². The lowest BCUT2D eigenvalue weighted by Gasteiger charge is -2.36. The summed E-state index contributed by atoms with van der Waals surface area (Å²) in [5.74, 6) is 0.0123. The van der Waals surface area contributed by atoms with Crippen molar-refractivity contribution in [3.05, 3.63) is 53.6 Å². The molecule has 0 N–H and O–H groups in total. The Morgan fingerprint density at radius 2 is 1.88 bits per heavy atom. The third kappa shape index (κ3) is 4.19. The number of pyridine rings is 1. The summed E-state index contributed by atoms with van der Waals surface area (Å²) in [4.78, 5) is 21.2. The summed E-state index contributed by atoms with van der Waals surface area (Å²) in [6.07, 6.45) is 3.55. The molecule has 0 unspecified atom stereocenters. The second-order valence-corrected chi connectivity index (χ2v) is 6.86. The van der Waals surface area contributed by atoms with E-state index in [1.807, 2.05) is 17.0 Å². The number of halogens is 2. The zero-order valence-electron chi connectivity index (χ0n) is 13.0. The van der Waals surface area contributed by atoms with Crippen molar-refractivity contribution >= 4 is 35.0 Å². The van der Waals surface area contributed by atoms with Gasteiger partial charge in [-0.3, -0.25) is 9.78 Å². The molecule has 2 aromatic rings. The van der Waals surface area contributed by atoms with Crippen molar-refractivity contribution in [3.63, 3.8) is 0 Å². The first-order chi connectivity index (χ1) is 11.6.